The standard InChI is InChI=1S/C3H4Cl2S/c1-2-3(4,5)6/h2,6H,1H2. The van der Waals surface area contributed by atoms with E-state index in [9.17, 15) is 0 Å². The molecule has 0 atom stereocenters. The molecule has 0 aliphatic heterocycles. The summed E-state index contributed by atoms with van der Waals surface area (Å²) in [5.41, 5.74) is 0. The molecule has 0 N–H and O–H groups in total. The lowest BCUT2D eigenvalue weighted by molar-refractivity contribution is 1.53. The zero-order valence-electron chi connectivity index (χ0n) is 2.99. The van der Waals surface area contributed by atoms with E-state index in [1.807, 2.05) is 0 Å². The van der Waals surface area contributed by atoms with Crippen molar-refractivity contribution in [3.8, 4) is 0 Å². The highest BCUT2D eigenvalue weighted by Crippen LogP contribution is 2.25. The molecule has 0 rings (SSSR count). The van der Waals surface area contributed by atoms with Gasteiger partial charge in [0.05, 0.1) is 0 Å². The first-order chi connectivity index (χ1) is 2.56. The zero-order chi connectivity index (χ0) is 5.21. The van der Waals surface area contributed by atoms with Crippen LogP contribution in [0.5, 0.6) is 0 Å². The first kappa shape index (κ1) is 6.67. The van der Waals surface area contributed by atoms with Gasteiger partial charge >= 0.3 is 0 Å². The fourth-order valence-corrected chi connectivity index (χ4v) is 0. The monoisotopic (exact) mass is 142 g/mol. The SMILES string of the molecule is C=CC(S)(Cl)Cl. The predicted molar refractivity (Wildman–Crippen MR) is 33.6 cm³/mol. The molecule has 0 aromatic carbocycles. The number of hydrogen-bond donors (Lipinski definition) is 1. The molecule has 0 saturated heterocycles. The number of hydrogen-bond acceptors (Lipinski definition) is 1. The van der Waals surface area contributed by atoms with Crippen LogP contribution in [0, 0.1) is 0 Å². The summed E-state index contributed by atoms with van der Waals surface area (Å²) in [5.74, 6) is 0. The van der Waals surface area contributed by atoms with Gasteiger partial charge in [0.25, 0.3) is 0 Å². The van der Waals surface area contributed by atoms with Crippen LogP contribution in [0.4, 0.5) is 0 Å². The maximum Gasteiger partial charge on any atom is 0.178 e. The summed E-state index contributed by atoms with van der Waals surface area (Å²) in [4.78, 5) is 0. The van der Waals surface area contributed by atoms with Gasteiger partial charge in [0, 0.05) is 0 Å². The van der Waals surface area contributed by atoms with Crippen LogP contribution in [0.2, 0.25) is 0 Å². The molecule has 0 spiro atoms. The van der Waals surface area contributed by atoms with E-state index in [-0.39, 0.29) is 0 Å². The second kappa shape index (κ2) is 2.10. The van der Waals surface area contributed by atoms with E-state index < -0.39 is 3.67 Å². The van der Waals surface area contributed by atoms with Crippen molar-refractivity contribution >= 4 is 35.8 Å². The van der Waals surface area contributed by atoms with Gasteiger partial charge in [-0.3, -0.25) is 0 Å². The van der Waals surface area contributed by atoms with E-state index >= 15 is 0 Å². The summed E-state index contributed by atoms with van der Waals surface area (Å²) >= 11 is 14.1. The van der Waals surface area contributed by atoms with Crippen LogP contribution >= 0.6 is 35.8 Å². The number of alkyl halides is 2. The van der Waals surface area contributed by atoms with Crippen molar-refractivity contribution in [2.24, 2.45) is 0 Å². The highest BCUT2D eigenvalue weighted by molar-refractivity contribution is 7.85. The molecule has 36 valence electrons. The van der Waals surface area contributed by atoms with E-state index in [0.717, 1.165) is 0 Å². The van der Waals surface area contributed by atoms with Crippen LogP contribution in [0.25, 0.3) is 0 Å². The number of halogens is 2. The van der Waals surface area contributed by atoms with Crippen molar-refractivity contribution in [2.45, 2.75) is 3.67 Å². The highest BCUT2D eigenvalue weighted by Gasteiger charge is 2.08. The minimum absolute atomic E-state index is 1.06. The minimum Gasteiger partial charge on any atom is -0.137 e. The lowest BCUT2D eigenvalue weighted by Gasteiger charge is -2.00. The minimum atomic E-state index is -1.06. The smallest absolute Gasteiger partial charge is 0.137 e. The topological polar surface area (TPSA) is 0 Å². The van der Waals surface area contributed by atoms with Crippen LogP contribution in [0.3, 0.4) is 0 Å². The predicted octanol–water partition coefficient (Wildman–Crippen LogP) is 2.23. The van der Waals surface area contributed by atoms with E-state index in [1.54, 1.807) is 0 Å². The molecule has 0 saturated carbocycles. The number of thiol groups is 1. The lowest BCUT2D eigenvalue weighted by Crippen LogP contribution is -1.91. The second-order valence-corrected chi connectivity index (χ2v) is 3.41. The van der Waals surface area contributed by atoms with Gasteiger partial charge in [0.1, 0.15) is 0 Å². The Kier molecular flexibility index (Phi) is 2.34. The summed E-state index contributed by atoms with van der Waals surface area (Å²) in [6.45, 7) is 3.29. The Morgan fingerprint density at radius 3 is 1.83 bits per heavy atom. The zero-order valence-corrected chi connectivity index (χ0v) is 5.39. The quantitative estimate of drug-likeness (QED) is 0.324. The average Bonchev–Trinajstić information content (AvgIpc) is 1.35. The van der Waals surface area contributed by atoms with Crippen molar-refractivity contribution in [2.75, 3.05) is 0 Å². The molecule has 0 aromatic heterocycles. The first-order valence-electron chi connectivity index (χ1n) is 1.30. The maximum absolute atomic E-state index is 5.23. The van der Waals surface area contributed by atoms with Crippen LogP contribution in [-0.4, -0.2) is 3.67 Å². The van der Waals surface area contributed by atoms with Crippen LogP contribution in [0.1, 0.15) is 0 Å². The van der Waals surface area contributed by atoms with Gasteiger partial charge in [-0.1, -0.05) is 29.8 Å². The molecule has 0 bridgehead atoms. The van der Waals surface area contributed by atoms with E-state index in [0.29, 0.717) is 0 Å². The molecule has 3 heteroatoms. The Morgan fingerprint density at radius 1 is 1.67 bits per heavy atom. The molecule has 6 heavy (non-hydrogen) atoms. The third-order valence-electron chi connectivity index (χ3n) is 0.246. The molecule has 0 aliphatic rings. The van der Waals surface area contributed by atoms with Crippen LogP contribution in [-0.2, 0) is 0 Å². The largest absolute Gasteiger partial charge is 0.178 e. The molecular weight excluding hydrogens is 139 g/mol. The summed E-state index contributed by atoms with van der Waals surface area (Å²) in [6, 6.07) is 0. The Bertz CT molecular complexity index is 54.3. The highest BCUT2D eigenvalue weighted by atomic mass is 35.5. The van der Waals surface area contributed by atoms with E-state index in [2.05, 4.69) is 19.2 Å². The molecule has 0 unspecified atom stereocenters. The molecule has 0 fully saturated rings. The molecule has 0 nitrogen and oxygen atoms in total. The Balaban J connectivity index is 3.45. The maximum atomic E-state index is 5.23. The average molecular weight is 143 g/mol. The van der Waals surface area contributed by atoms with E-state index in [1.165, 1.54) is 6.08 Å². The van der Waals surface area contributed by atoms with Gasteiger partial charge in [0.2, 0.25) is 0 Å². The number of rotatable bonds is 1. The summed E-state index contributed by atoms with van der Waals surface area (Å²) in [7, 11) is 0. The fraction of sp³-hybridized carbons (Fsp3) is 0.333. The fourth-order valence-electron chi connectivity index (χ4n) is 0. The molecule has 0 amide bonds. The van der Waals surface area contributed by atoms with Gasteiger partial charge in [-0.2, -0.15) is 0 Å². The van der Waals surface area contributed by atoms with Crippen molar-refractivity contribution in [1.82, 2.24) is 0 Å². The summed E-state index contributed by atoms with van der Waals surface area (Å²) in [5, 5.41) is 0. The van der Waals surface area contributed by atoms with Gasteiger partial charge in [-0.25, -0.2) is 0 Å². The third kappa shape index (κ3) is 4.67. The molecule has 0 radical (unpaired) electrons. The Morgan fingerprint density at radius 2 is 1.83 bits per heavy atom. The van der Waals surface area contributed by atoms with Gasteiger partial charge in [-0.15, -0.1) is 12.6 Å². The van der Waals surface area contributed by atoms with Crippen LogP contribution < -0.4 is 0 Å². The second-order valence-electron chi connectivity index (χ2n) is 0.792. The summed E-state index contributed by atoms with van der Waals surface area (Å²) < 4.78 is -1.06. The van der Waals surface area contributed by atoms with Crippen molar-refractivity contribution < 1.29 is 0 Å². The van der Waals surface area contributed by atoms with Crippen molar-refractivity contribution in [3.63, 3.8) is 0 Å². The molecule has 0 aromatic rings. The van der Waals surface area contributed by atoms with E-state index in [4.69, 9.17) is 23.2 Å². The Labute approximate surface area is 52.5 Å². The molecule has 0 aliphatic carbocycles. The molecule has 0 heterocycles. The first-order valence-corrected chi connectivity index (χ1v) is 2.50. The van der Waals surface area contributed by atoms with Gasteiger partial charge in [-0.05, 0) is 6.08 Å². The Hall–Kier alpha value is 0.670. The lowest BCUT2D eigenvalue weighted by atomic mass is 10.7. The van der Waals surface area contributed by atoms with Crippen molar-refractivity contribution in [1.29, 1.82) is 0 Å². The van der Waals surface area contributed by atoms with Crippen molar-refractivity contribution in [3.05, 3.63) is 12.7 Å². The third-order valence-corrected chi connectivity index (χ3v) is 0.737. The van der Waals surface area contributed by atoms with Crippen LogP contribution in [0.15, 0.2) is 12.7 Å². The van der Waals surface area contributed by atoms with Gasteiger partial charge < -0.3 is 0 Å². The van der Waals surface area contributed by atoms with Gasteiger partial charge in [0.15, 0.2) is 3.67 Å². The molecular formula is C3H4Cl2S. The normalized spacial score (nSPS) is 11.2. The summed E-state index contributed by atoms with van der Waals surface area (Å²) in [6.07, 6.45) is 1.33.